The van der Waals surface area contributed by atoms with Crippen molar-refractivity contribution in [2.24, 2.45) is 0 Å². The van der Waals surface area contributed by atoms with Crippen molar-refractivity contribution in [2.45, 2.75) is 11.8 Å². The molecular weight excluding hydrogens is 351 g/mol. The predicted octanol–water partition coefficient (Wildman–Crippen LogP) is 3.11. The Labute approximate surface area is 137 Å². The van der Waals surface area contributed by atoms with E-state index in [1.807, 2.05) is 0 Å². The number of anilines is 1. The number of rotatable bonds is 4. The van der Waals surface area contributed by atoms with Crippen molar-refractivity contribution in [3.05, 3.63) is 46.7 Å². The van der Waals surface area contributed by atoms with Crippen LogP contribution < -0.4 is 9.50 Å². The number of nitrogens with one attached hydrogen (secondary N) is 1. The Balaban J connectivity index is 2.39. The van der Waals surface area contributed by atoms with Gasteiger partial charge in [0.15, 0.2) is 10.9 Å². The van der Waals surface area contributed by atoms with E-state index in [-0.39, 0.29) is 32.5 Å². The zero-order valence-electron chi connectivity index (χ0n) is 11.2. The van der Waals surface area contributed by atoms with E-state index in [0.29, 0.717) is 0 Å². The summed E-state index contributed by atoms with van der Waals surface area (Å²) < 4.78 is 29.6. The molecule has 2 rings (SSSR count). The fourth-order valence-corrected chi connectivity index (χ4v) is 3.17. The molecule has 1 aromatic heterocycles. The second kappa shape index (κ2) is 6.51. The highest BCUT2D eigenvalue weighted by atomic mass is 35.5. The van der Waals surface area contributed by atoms with Crippen molar-refractivity contribution in [2.75, 3.05) is 5.32 Å². The van der Waals surface area contributed by atoms with Gasteiger partial charge in [-0.25, -0.2) is 4.98 Å². The summed E-state index contributed by atoms with van der Waals surface area (Å²) in [7, 11) is -4.22. The molecule has 0 aliphatic heterocycles. The van der Waals surface area contributed by atoms with Crippen molar-refractivity contribution < 1.29 is 17.4 Å². The van der Waals surface area contributed by atoms with Crippen LogP contribution in [0.3, 0.4) is 0 Å². The van der Waals surface area contributed by atoms with Crippen LogP contribution in [0.2, 0.25) is 10.3 Å². The van der Waals surface area contributed by atoms with Gasteiger partial charge in [-0.15, -0.1) is 0 Å². The van der Waals surface area contributed by atoms with Crippen molar-refractivity contribution in [3.8, 4) is 5.75 Å². The van der Waals surface area contributed by atoms with Gasteiger partial charge >= 0.3 is 10.1 Å². The summed E-state index contributed by atoms with van der Waals surface area (Å²) >= 11 is 11.4. The molecule has 0 saturated heterocycles. The van der Waals surface area contributed by atoms with E-state index in [0.717, 1.165) is 0 Å². The molecule has 0 unspecified atom stereocenters. The number of benzene rings is 1. The van der Waals surface area contributed by atoms with E-state index in [9.17, 15) is 13.2 Å². The van der Waals surface area contributed by atoms with Gasteiger partial charge in [0, 0.05) is 6.92 Å². The second-order valence-corrected chi connectivity index (χ2v) is 6.40. The van der Waals surface area contributed by atoms with Crippen LogP contribution in [0.1, 0.15) is 6.92 Å². The monoisotopic (exact) mass is 360 g/mol. The van der Waals surface area contributed by atoms with Gasteiger partial charge in [0.2, 0.25) is 5.91 Å². The van der Waals surface area contributed by atoms with Gasteiger partial charge in [0.05, 0.1) is 5.69 Å². The molecule has 1 amide bonds. The smallest absolute Gasteiger partial charge is 0.342 e. The molecule has 116 valence electrons. The van der Waals surface area contributed by atoms with E-state index < -0.39 is 10.1 Å². The minimum Gasteiger partial charge on any atom is -0.377 e. The van der Waals surface area contributed by atoms with Gasteiger partial charge in [-0.3, -0.25) is 4.79 Å². The van der Waals surface area contributed by atoms with Crippen LogP contribution in [0.5, 0.6) is 5.75 Å². The number of aromatic nitrogens is 1. The highest BCUT2D eigenvalue weighted by Gasteiger charge is 2.23. The maximum absolute atomic E-state index is 12.3. The van der Waals surface area contributed by atoms with E-state index >= 15 is 0 Å². The third kappa shape index (κ3) is 3.88. The standard InChI is InChI=1S/C13H10Cl2N2O4S/c1-8(18)16-9-4-2-3-5-10(9)21-22(19,20)11-6-7-12(14)17-13(11)15/h2-7H,1H3,(H,16,18). The van der Waals surface area contributed by atoms with E-state index in [4.69, 9.17) is 27.4 Å². The summed E-state index contributed by atoms with van der Waals surface area (Å²) in [6.45, 7) is 1.30. The number of pyridine rings is 1. The summed E-state index contributed by atoms with van der Waals surface area (Å²) in [6, 6.07) is 8.57. The molecule has 0 fully saturated rings. The number of hydrogen-bond donors (Lipinski definition) is 1. The Morgan fingerprint density at radius 3 is 2.50 bits per heavy atom. The first-order valence-corrected chi connectivity index (χ1v) is 8.09. The van der Waals surface area contributed by atoms with Crippen LogP contribution in [-0.4, -0.2) is 19.3 Å². The Kier molecular flexibility index (Phi) is 4.90. The van der Waals surface area contributed by atoms with Gasteiger partial charge < -0.3 is 9.50 Å². The summed E-state index contributed by atoms with van der Waals surface area (Å²) in [6.07, 6.45) is 0. The Bertz CT molecular complexity index is 825. The van der Waals surface area contributed by atoms with Gasteiger partial charge in [-0.1, -0.05) is 35.3 Å². The first kappa shape index (κ1) is 16.5. The molecule has 1 heterocycles. The maximum atomic E-state index is 12.3. The molecule has 1 aromatic carbocycles. The summed E-state index contributed by atoms with van der Waals surface area (Å²) in [5, 5.41) is 2.23. The highest BCUT2D eigenvalue weighted by Crippen LogP contribution is 2.29. The van der Waals surface area contributed by atoms with Crippen molar-refractivity contribution in [3.63, 3.8) is 0 Å². The number of nitrogens with zero attached hydrogens (tertiary/aromatic N) is 1. The molecule has 0 aliphatic carbocycles. The van der Waals surface area contributed by atoms with E-state index in [1.54, 1.807) is 12.1 Å². The third-order valence-corrected chi connectivity index (χ3v) is 4.32. The molecule has 2 aromatic rings. The summed E-state index contributed by atoms with van der Waals surface area (Å²) in [5.41, 5.74) is 0.219. The molecule has 0 spiro atoms. The topological polar surface area (TPSA) is 85.4 Å². The molecule has 0 atom stereocenters. The van der Waals surface area contributed by atoms with Gasteiger partial charge in [-0.05, 0) is 24.3 Å². The number of hydrogen-bond acceptors (Lipinski definition) is 5. The zero-order chi connectivity index (χ0) is 16.3. The fourth-order valence-electron chi connectivity index (χ4n) is 1.58. The minimum absolute atomic E-state index is 0.0382. The molecule has 0 radical (unpaired) electrons. The quantitative estimate of drug-likeness (QED) is 0.668. The third-order valence-electron chi connectivity index (χ3n) is 2.45. The number of para-hydroxylation sites is 2. The van der Waals surface area contributed by atoms with Crippen LogP contribution in [0.15, 0.2) is 41.3 Å². The van der Waals surface area contributed by atoms with Crippen molar-refractivity contribution in [1.29, 1.82) is 0 Å². The van der Waals surface area contributed by atoms with E-state index in [1.165, 1.54) is 31.2 Å². The molecular formula is C13H10Cl2N2O4S. The average molecular weight is 361 g/mol. The second-order valence-electron chi connectivity index (χ2n) is 4.14. The Morgan fingerprint density at radius 1 is 1.18 bits per heavy atom. The Morgan fingerprint density at radius 2 is 1.86 bits per heavy atom. The molecule has 1 N–H and O–H groups in total. The normalized spacial score (nSPS) is 11.0. The lowest BCUT2D eigenvalue weighted by molar-refractivity contribution is -0.114. The van der Waals surface area contributed by atoms with Crippen LogP contribution in [0.4, 0.5) is 5.69 Å². The van der Waals surface area contributed by atoms with Crippen LogP contribution in [0, 0.1) is 0 Å². The predicted molar refractivity (Wildman–Crippen MR) is 82.8 cm³/mol. The van der Waals surface area contributed by atoms with Crippen LogP contribution in [0.25, 0.3) is 0 Å². The van der Waals surface area contributed by atoms with Crippen LogP contribution >= 0.6 is 23.2 Å². The molecule has 0 aliphatic rings. The molecule has 6 nitrogen and oxygen atoms in total. The van der Waals surface area contributed by atoms with Crippen molar-refractivity contribution in [1.82, 2.24) is 4.98 Å². The molecule has 9 heteroatoms. The van der Waals surface area contributed by atoms with Crippen LogP contribution in [-0.2, 0) is 14.9 Å². The molecule has 22 heavy (non-hydrogen) atoms. The number of halogens is 2. The maximum Gasteiger partial charge on any atom is 0.342 e. The molecule has 0 saturated carbocycles. The van der Waals surface area contributed by atoms with Crippen molar-refractivity contribution >= 4 is 44.9 Å². The number of amides is 1. The van der Waals surface area contributed by atoms with Gasteiger partial charge in [0.25, 0.3) is 0 Å². The lowest BCUT2D eigenvalue weighted by Gasteiger charge is -2.12. The lowest BCUT2D eigenvalue weighted by atomic mass is 10.3. The molecule has 0 bridgehead atoms. The first-order chi connectivity index (χ1) is 10.3. The Hall–Kier alpha value is -1.83. The number of carbonyl (C=O) groups excluding carboxylic acids is 1. The summed E-state index contributed by atoms with van der Waals surface area (Å²) in [5.74, 6) is -0.400. The van der Waals surface area contributed by atoms with E-state index in [2.05, 4.69) is 10.3 Å². The fraction of sp³-hybridized carbons (Fsp3) is 0.0769. The zero-order valence-corrected chi connectivity index (χ0v) is 13.5. The average Bonchev–Trinajstić information content (AvgIpc) is 2.39. The lowest BCUT2D eigenvalue weighted by Crippen LogP contribution is -2.13. The SMILES string of the molecule is CC(=O)Nc1ccccc1OS(=O)(=O)c1ccc(Cl)nc1Cl. The number of carbonyl (C=O) groups is 1. The highest BCUT2D eigenvalue weighted by molar-refractivity contribution is 7.87. The van der Waals surface area contributed by atoms with Gasteiger partial charge in [0.1, 0.15) is 10.0 Å². The summed E-state index contributed by atoms with van der Waals surface area (Å²) in [4.78, 5) is 14.5. The van der Waals surface area contributed by atoms with Gasteiger partial charge in [-0.2, -0.15) is 8.42 Å². The minimum atomic E-state index is -4.22. The first-order valence-electron chi connectivity index (χ1n) is 5.93. The largest absolute Gasteiger partial charge is 0.377 e.